The molecule has 1 radical (unpaired) electrons. The van der Waals surface area contributed by atoms with Crippen LogP contribution in [0.5, 0.6) is 0 Å². The lowest BCUT2D eigenvalue weighted by atomic mass is 10.2. The molecule has 0 aromatic carbocycles. The van der Waals surface area contributed by atoms with Gasteiger partial charge in [-0.25, -0.2) is 5.43 Å². The molecule has 5 nitrogen and oxygen atoms in total. The van der Waals surface area contributed by atoms with Gasteiger partial charge in [0.25, 0.3) is 0 Å². The summed E-state index contributed by atoms with van der Waals surface area (Å²) in [6.45, 7) is 0. The lowest BCUT2D eigenvalue weighted by molar-refractivity contribution is -0.139. The van der Waals surface area contributed by atoms with E-state index in [-0.39, 0.29) is 12.8 Å². The average Bonchev–Trinajstić information content (AvgIpc) is 1.89. The normalized spacial score (nSPS) is 12.5. The second kappa shape index (κ2) is 4.89. The first-order valence-electron chi connectivity index (χ1n) is 2.76. The van der Waals surface area contributed by atoms with Gasteiger partial charge in [0.15, 0.2) is 6.29 Å². The van der Waals surface area contributed by atoms with Gasteiger partial charge < -0.3 is 5.11 Å². The molecule has 0 rings (SSSR count). The molecule has 5 heteroatoms. The van der Waals surface area contributed by atoms with Crippen molar-refractivity contribution in [3.63, 3.8) is 0 Å². The Morgan fingerprint density at radius 1 is 1.80 bits per heavy atom. The zero-order chi connectivity index (χ0) is 7.98. The number of carboxylic acid groups (broad SMARTS) is 1. The van der Waals surface area contributed by atoms with Crippen LogP contribution in [0.4, 0.5) is 0 Å². The predicted molar refractivity (Wildman–Crippen MR) is 33.7 cm³/mol. The third-order valence-electron chi connectivity index (χ3n) is 1.03. The molecule has 0 saturated heterocycles. The van der Waals surface area contributed by atoms with Gasteiger partial charge in [-0.2, -0.15) is 0 Å². The molecule has 0 aliphatic rings. The molecule has 4 N–H and O–H groups in total. The van der Waals surface area contributed by atoms with Gasteiger partial charge in [-0.3, -0.25) is 15.4 Å². The van der Waals surface area contributed by atoms with Gasteiger partial charge in [-0.15, -0.1) is 0 Å². The molecule has 10 heavy (non-hydrogen) atoms. The number of aliphatic carboxylic acids is 1. The van der Waals surface area contributed by atoms with E-state index in [1.54, 1.807) is 6.29 Å². The van der Waals surface area contributed by atoms with Crippen molar-refractivity contribution in [2.45, 2.75) is 18.9 Å². The third-order valence-corrected chi connectivity index (χ3v) is 1.03. The van der Waals surface area contributed by atoms with Crippen molar-refractivity contribution >= 4 is 12.3 Å². The summed E-state index contributed by atoms with van der Waals surface area (Å²) in [6, 6.07) is -0.846. The first-order chi connectivity index (χ1) is 4.72. The number of carbonyl (C=O) groups is 1. The minimum Gasteiger partial charge on any atom is -0.480 e. The summed E-state index contributed by atoms with van der Waals surface area (Å²) in [4.78, 5) is 19.8. The number of carboxylic acids is 1. The van der Waals surface area contributed by atoms with Gasteiger partial charge in [0.2, 0.25) is 0 Å². The highest BCUT2D eigenvalue weighted by Gasteiger charge is 2.13. The molecule has 57 valence electrons. The van der Waals surface area contributed by atoms with E-state index in [1.165, 1.54) is 0 Å². The fraction of sp³-hybridized carbons (Fsp3) is 0.600. The maximum Gasteiger partial charge on any atom is 0.322 e. The number of hydrogen-bond donors (Lipinski definition) is 3. The van der Waals surface area contributed by atoms with Crippen molar-refractivity contribution in [2.24, 2.45) is 5.84 Å². The van der Waals surface area contributed by atoms with Crippen molar-refractivity contribution in [1.29, 1.82) is 0 Å². The summed E-state index contributed by atoms with van der Waals surface area (Å²) in [6.07, 6.45) is 1.84. The third kappa shape index (κ3) is 3.16. The summed E-state index contributed by atoms with van der Waals surface area (Å²) < 4.78 is 0. The molecular weight excluding hydrogens is 136 g/mol. The van der Waals surface area contributed by atoms with E-state index in [4.69, 9.17) is 10.9 Å². The fourth-order valence-corrected chi connectivity index (χ4v) is 0.481. The predicted octanol–water partition coefficient (Wildman–Crippen LogP) is -1.21. The van der Waals surface area contributed by atoms with Crippen LogP contribution in [0, 0.1) is 0 Å². The van der Waals surface area contributed by atoms with E-state index in [9.17, 15) is 9.59 Å². The number of nitrogens with two attached hydrogens (primary N) is 1. The number of nitrogens with one attached hydrogen (secondary N) is 1. The molecule has 0 aromatic heterocycles. The zero-order valence-electron chi connectivity index (χ0n) is 5.33. The van der Waals surface area contributed by atoms with Crippen LogP contribution in [-0.2, 0) is 9.59 Å². The Hall–Kier alpha value is -0.940. The molecule has 1 atom stereocenters. The summed E-state index contributed by atoms with van der Waals surface area (Å²) in [5.41, 5.74) is 2.06. The summed E-state index contributed by atoms with van der Waals surface area (Å²) >= 11 is 0. The zero-order valence-corrected chi connectivity index (χ0v) is 5.33. The topological polar surface area (TPSA) is 92.4 Å². The largest absolute Gasteiger partial charge is 0.480 e. The quantitative estimate of drug-likeness (QED) is 0.333. The van der Waals surface area contributed by atoms with Crippen molar-refractivity contribution in [3.8, 4) is 0 Å². The minimum absolute atomic E-state index is 0.0845. The Morgan fingerprint density at radius 2 is 2.40 bits per heavy atom. The first-order valence-corrected chi connectivity index (χ1v) is 2.76. The monoisotopic (exact) mass is 145 g/mol. The highest BCUT2D eigenvalue weighted by molar-refractivity contribution is 5.73. The first kappa shape index (κ1) is 9.06. The van der Waals surface area contributed by atoms with E-state index >= 15 is 0 Å². The fourth-order valence-electron chi connectivity index (χ4n) is 0.481. The molecule has 0 aromatic rings. The van der Waals surface area contributed by atoms with Crippen molar-refractivity contribution in [2.75, 3.05) is 0 Å². The van der Waals surface area contributed by atoms with Crippen molar-refractivity contribution < 1.29 is 14.7 Å². The lowest BCUT2D eigenvalue weighted by Crippen LogP contribution is -2.41. The standard InChI is InChI=1S/C5H9N2O3/c6-7-4(5(9)10)2-1-3-8/h4,7H,1-2,6H2,(H,9,10)/t4-/m0/s1. The van der Waals surface area contributed by atoms with Gasteiger partial charge in [0.05, 0.1) is 0 Å². The van der Waals surface area contributed by atoms with Crippen LogP contribution in [-0.4, -0.2) is 23.4 Å². The van der Waals surface area contributed by atoms with Crippen LogP contribution < -0.4 is 11.3 Å². The highest BCUT2D eigenvalue weighted by atomic mass is 16.4. The van der Waals surface area contributed by atoms with Crippen LogP contribution in [0.15, 0.2) is 0 Å². The lowest BCUT2D eigenvalue weighted by Gasteiger charge is -2.06. The van der Waals surface area contributed by atoms with Crippen LogP contribution >= 0.6 is 0 Å². The van der Waals surface area contributed by atoms with Gasteiger partial charge >= 0.3 is 5.97 Å². The maximum absolute atomic E-state index is 10.2. The average molecular weight is 145 g/mol. The SMILES string of the molecule is NN[C@@H](CC[C]=O)C(=O)O. The van der Waals surface area contributed by atoms with E-state index in [0.717, 1.165) is 0 Å². The smallest absolute Gasteiger partial charge is 0.322 e. The molecule has 0 saturated carbocycles. The molecule has 0 bridgehead atoms. The number of hydrogen-bond acceptors (Lipinski definition) is 4. The molecule has 0 fully saturated rings. The Labute approximate surface area is 58.2 Å². The van der Waals surface area contributed by atoms with Gasteiger partial charge in [0.1, 0.15) is 6.04 Å². The van der Waals surface area contributed by atoms with Crippen LogP contribution in [0.3, 0.4) is 0 Å². The van der Waals surface area contributed by atoms with Crippen molar-refractivity contribution in [3.05, 3.63) is 0 Å². The van der Waals surface area contributed by atoms with E-state index in [0.29, 0.717) is 0 Å². The van der Waals surface area contributed by atoms with E-state index in [1.807, 2.05) is 0 Å². The van der Waals surface area contributed by atoms with E-state index < -0.39 is 12.0 Å². The molecule has 0 aliphatic carbocycles. The van der Waals surface area contributed by atoms with Gasteiger partial charge in [0, 0.05) is 6.42 Å². The van der Waals surface area contributed by atoms with Crippen LogP contribution in [0.25, 0.3) is 0 Å². The number of carbonyl (C=O) groups excluding carboxylic acids is 1. The second-order valence-corrected chi connectivity index (χ2v) is 1.74. The van der Waals surface area contributed by atoms with Gasteiger partial charge in [-0.1, -0.05) is 0 Å². The van der Waals surface area contributed by atoms with Crippen molar-refractivity contribution in [1.82, 2.24) is 5.43 Å². The van der Waals surface area contributed by atoms with Crippen LogP contribution in [0.1, 0.15) is 12.8 Å². The molecule has 0 amide bonds. The molecule has 0 aliphatic heterocycles. The maximum atomic E-state index is 10.2. The summed E-state index contributed by atoms with van der Waals surface area (Å²) in [5.74, 6) is 3.80. The highest BCUT2D eigenvalue weighted by Crippen LogP contribution is 1.92. The second-order valence-electron chi connectivity index (χ2n) is 1.74. The summed E-state index contributed by atoms with van der Waals surface area (Å²) in [5, 5.41) is 8.33. The number of hydrazine groups is 1. The molecule has 0 spiro atoms. The minimum atomic E-state index is -1.06. The Kier molecular flexibility index (Phi) is 4.43. The van der Waals surface area contributed by atoms with Gasteiger partial charge in [-0.05, 0) is 6.42 Å². The van der Waals surface area contributed by atoms with E-state index in [2.05, 4.69) is 5.43 Å². The Bertz CT molecular complexity index is 126. The molecule has 0 unspecified atom stereocenters. The number of rotatable bonds is 5. The summed E-state index contributed by atoms with van der Waals surface area (Å²) in [7, 11) is 0. The Morgan fingerprint density at radius 3 is 2.70 bits per heavy atom. The Balaban J connectivity index is 3.60. The molecular formula is C5H9N2O3. The molecule has 0 heterocycles. The van der Waals surface area contributed by atoms with Crippen LogP contribution in [0.2, 0.25) is 0 Å².